The van der Waals surface area contributed by atoms with Crippen LogP contribution in [0.1, 0.15) is 29.3 Å². The zero-order valence-electron chi connectivity index (χ0n) is 14.9. The Morgan fingerprint density at radius 1 is 1.12 bits per heavy atom. The first-order chi connectivity index (χ1) is 12.6. The number of carbonyl (C=O) groups excluding carboxylic acids is 2. The Hall–Kier alpha value is -2.27. The SMILES string of the molecule is C[C@H]1C[C@@H]1C(=O)Nc1cccc(C(=O)NCCSCc2ccccc2)c1. The molecule has 0 radical (unpaired) electrons. The molecule has 0 saturated heterocycles. The largest absolute Gasteiger partial charge is 0.351 e. The molecular formula is C21H24N2O2S. The monoisotopic (exact) mass is 368 g/mol. The van der Waals surface area contributed by atoms with Gasteiger partial charge in [-0.15, -0.1) is 0 Å². The molecule has 1 aliphatic carbocycles. The molecule has 1 fully saturated rings. The number of benzene rings is 2. The number of thioether (sulfide) groups is 1. The van der Waals surface area contributed by atoms with Crippen LogP contribution in [0.2, 0.25) is 0 Å². The van der Waals surface area contributed by atoms with E-state index < -0.39 is 0 Å². The van der Waals surface area contributed by atoms with Crippen molar-refractivity contribution in [3.8, 4) is 0 Å². The fourth-order valence-electron chi connectivity index (χ4n) is 2.76. The molecule has 2 aromatic carbocycles. The van der Waals surface area contributed by atoms with Gasteiger partial charge >= 0.3 is 0 Å². The first kappa shape index (κ1) is 18.5. The van der Waals surface area contributed by atoms with Crippen molar-refractivity contribution >= 4 is 29.3 Å². The molecule has 0 bridgehead atoms. The van der Waals surface area contributed by atoms with Crippen LogP contribution in [-0.4, -0.2) is 24.1 Å². The van der Waals surface area contributed by atoms with Gasteiger partial charge in [0.15, 0.2) is 0 Å². The summed E-state index contributed by atoms with van der Waals surface area (Å²) in [6, 6.07) is 17.4. The number of rotatable bonds is 8. The van der Waals surface area contributed by atoms with E-state index in [1.54, 1.807) is 30.0 Å². The Morgan fingerprint density at radius 2 is 1.88 bits per heavy atom. The van der Waals surface area contributed by atoms with Crippen molar-refractivity contribution in [2.75, 3.05) is 17.6 Å². The number of amides is 2. The van der Waals surface area contributed by atoms with Crippen LogP contribution in [0.4, 0.5) is 5.69 Å². The van der Waals surface area contributed by atoms with Gasteiger partial charge in [-0.1, -0.05) is 43.3 Å². The fraction of sp³-hybridized carbons (Fsp3) is 0.333. The van der Waals surface area contributed by atoms with Gasteiger partial charge in [0, 0.05) is 35.2 Å². The molecular weight excluding hydrogens is 344 g/mol. The number of nitrogens with one attached hydrogen (secondary N) is 2. The summed E-state index contributed by atoms with van der Waals surface area (Å²) in [4.78, 5) is 24.3. The van der Waals surface area contributed by atoms with Gasteiger partial charge < -0.3 is 10.6 Å². The second-order valence-electron chi connectivity index (χ2n) is 6.68. The molecule has 5 heteroatoms. The van der Waals surface area contributed by atoms with Crippen molar-refractivity contribution in [1.82, 2.24) is 5.32 Å². The normalized spacial score (nSPS) is 18.2. The van der Waals surface area contributed by atoms with Crippen molar-refractivity contribution in [3.63, 3.8) is 0 Å². The van der Waals surface area contributed by atoms with E-state index in [-0.39, 0.29) is 17.7 Å². The highest BCUT2D eigenvalue weighted by atomic mass is 32.2. The second-order valence-corrected chi connectivity index (χ2v) is 7.79. The van der Waals surface area contributed by atoms with Crippen LogP contribution in [0.5, 0.6) is 0 Å². The Bertz CT molecular complexity index is 764. The first-order valence-corrected chi connectivity index (χ1v) is 10.1. The van der Waals surface area contributed by atoms with Crippen LogP contribution in [0.15, 0.2) is 54.6 Å². The molecule has 0 aliphatic heterocycles. The van der Waals surface area contributed by atoms with Crippen molar-refractivity contribution in [1.29, 1.82) is 0 Å². The van der Waals surface area contributed by atoms with Crippen LogP contribution in [0.25, 0.3) is 0 Å². The highest BCUT2D eigenvalue weighted by Crippen LogP contribution is 2.38. The first-order valence-electron chi connectivity index (χ1n) is 8.94. The summed E-state index contributed by atoms with van der Waals surface area (Å²) in [5, 5.41) is 5.84. The minimum Gasteiger partial charge on any atom is -0.351 e. The Balaban J connectivity index is 1.41. The summed E-state index contributed by atoms with van der Waals surface area (Å²) in [5.74, 6) is 2.33. The van der Waals surface area contributed by atoms with E-state index in [0.717, 1.165) is 17.9 Å². The molecule has 0 unspecified atom stereocenters. The van der Waals surface area contributed by atoms with E-state index in [0.29, 0.717) is 23.7 Å². The number of carbonyl (C=O) groups is 2. The minimum atomic E-state index is -0.110. The van der Waals surface area contributed by atoms with Crippen LogP contribution in [0.3, 0.4) is 0 Å². The standard InChI is InChI=1S/C21H24N2O2S/c1-15-12-19(15)21(25)23-18-9-5-8-17(13-18)20(24)22-10-11-26-14-16-6-3-2-4-7-16/h2-9,13,15,19H,10-12,14H2,1H3,(H,22,24)(H,23,25)/t15-,19-/m0/s1. The molecule has 136 valence electrons. The predicted molar refractivity (Wildman–Crippen MR) is 107 cm³/mol. The molecule has 2 atom stereocenters. The molecule has 1 saturated carbocycles. The summed E-state index contributed by atoms with van der Waals surface area (Å²) in [6.45, 7) is 2.69. The van der Waals surface area contributed by atoms with Gasteiger partial charge in [0.05, 0.1) is 0 Å². The maximum absolute atomic E-state index is 12.3. The summed E-state index contributed by atoms with van der Waals surface area (Å²) >= 11 is 1.79. The molecule has 26 heavy (non-hydrogen) atoms. The van der Waals surface area contributed by atoms with Gasteiger partial charge in [-0.2, -0.15) is 11.8 Å². The zero-order valence-corrected chi connectivity index (χ0v) is 15.7. The molecule has 2 N–H and O–H groups in total. The third-order valence-electron chi connectivity index (χ3n) is 4.48. The summed E-state index contributed by atoms with van der Waals surface area (Å²) in [5.41, 5.74) is 2.54. The highest BCUT2D eigenvalue weighted by molar-refractivity contribution is 7.98. The maximum atomic E-state index is 12.3. The predicted octanol–water partition coefficient (Wildman–Crippen LogP) is 3.94. The van der Waals surface area contributed by atoms with Crippen LogP contribution < -0.4 is 10.6 Å². The lowest BCUT2D eigenvalue weighted by atomic mass is 10.2. The Kier molecular flexibility index (Phi) is 6.34. The molecule has 2 amide bonds. The summed E-state index contributed by atoms with van der Waals surface area (Å²) < 4.78 is 0. The molecule has 1 aliphatic rings. The second kappa shape index (κ2) is 8.90. The number of hydrogen-bond acceptors (Lipinski definition) is 3. The third kappa shape index (κ3) is 5.36. The molecule has 2 aromatic rings. The third-order valence-corrected chi connectivity index (χ3v) is 5.51. The molecule has 0 aromatic heterocycles. The van der Waals surface area contributed by atoms with E-state index in [2.05, 4.69) is 29.7 Å². The van der Waals surface area contributed by atoms with Crippen LogP contribution in [-0.2, 0) is 10.5 Å². The van der Waals surface area contributed by atoms with Gasteiger partial charge in [0.25, 0.3) is 5.91 Å². The highest BCUT2D eigenvalue weighted by Gasteiger charge is 2.39. The fourth-order valence-corrected chi connectivity index (χ4v) is 3.58. The Labute approximate surface area is 158 Å². The van der Waals surface area contributed by atoms with Crippen molar-refractivity contribution < 1.29 is 9.59 Å². The van der Waals surface area contributed by atoms with Crippen LogP contribution in [0, 0.1) is 11.8 Å². The van der Waals surface area contributed by atoms with E-state index >= 15 is 0 Å². The minimum absolute atomic E-state index is 0.0485. The quantitative estimate of drug-likeness (QED) is 0.694. The molecule has 0 spiro atoms. The van der Waals surface area contributed by atoms with E-state index in [1.807, 2.05) is 24.3 Å². The van der Waals surface area contributed by atoms with E-state index in [4.69, 9.17) is 0 Å². The molecule has 0 heterocycles. The van der Waals surface area contributed by atoms with Crippen molar-refractivity contribution in [2.24, 2.45) is 11.8 Å². The zero-order chi connectivity index (χ0) is 18.4. The lowest BCUT2D eigenvalue weighted by Crippen LogP contribution is -2.26. The van der Waals surface area contributed by atoms with Gasteiger partial charge in [0.1, 0.15) is 0 Å². The lowest BCUT2D eigenvalue weighted by Gasteiger charge is -2.08. The van der Waals surface area contributed by atoms with Gasteiger partial charge in [-0.3, -0.25) is 9.59 Å². The summed E-state index contributed by atoms with van der Waals surface area (Å²) in [6.07, 6.45) is 0.951. The van der Waals surface area contributed by atoms with E-state index in [1.165, 1.54) is 5.56 Å². The molecule has 3 rings (SSSR count). The van der Waals surface area contributed by atoms with Crippen LogP contribution >= 0.6 is 11.8 Å². The average Bonchev–Trinajstić information content (AvgIpc) is 3.39. The average molecular weight is 369 g/mol. The number of anilines is 1. The smallest absolute Gasteiger partial charge is 0.251 e. The lowest BCUT2D eigenvalue weighted by molar-refractivity contribution is -0.117. The maximum Gasteiger partial charge on any atom is 0.251 e. The van der Waals surface area contributed by atoms with Gasteiger partial charge in [-0.05, 0) is 36.1 Å². The van der Waals surface area contributed by atoms with Gasteiger partial charge in [0.2, 0.25) is 5.91 Å². The molecule has 4 nitrogen and oxygen atoms in total. The topological polar surface area (TPSA) is 58.2 Å². The van der Waals surface area contributed by atoms with E-state index in [9.17, 15) is 9.59 Å². The number of hydrogen-bond donors (Lipinski definition) is 2. The Morgan fingerprint density at radius 3 is 2.62 bits per heavy atom. The summed E-state index contributed by atoms with van der Waals surface area (Å²) in [7, 11) is 0. The van der Waals surface area contributed by atoms with Gasteiger partial charge in [-0.25, -0.2) is 0 Å². The van der Waals surface area contributed by atoms with Crippen molar-refractivity contribution in [3.05, 3.63) is 65.7 Å². The van der Waals surface area contributed by atoms with Crippen molar-refractivity contribution in [2.45, 2.75) is 19.1 Å².